The molecule has 2 nitrogen and oxygen atoms in total. The lowest BCUT2D eigenvalue weighted by Gasteiger charge is -2.04. The molecule has 0 aliphatic rings. The highest BCUT2D eigenvalue weighted by Crippen LogP contribution is 2.16. The highest BCUT2D eigenvalue weighted by molar-refractivity contribution is 7.80. The number of thiol groups is 1. The van der Waals surface area contributed by atoms with E-state index in [1.54, 1.807) is 12.1 Å². The van der Waals surface area contributed by atoms with E-state index in [-0.39, 0.29) is 0 Å². The van der Waals surface area contributed by atoms with Crippen molar-refractivity contribution in [1.82, 2.24) is 0 Å². The van der Waals surface area contributed by atoms with Gasteiger partial charge < -0.3 is 5.11 Å². The van der Waals surface area contributed by atoms with Gasteiger partial charge in [-0.15, -0.1) is 0 Å². The second-order valence-corrected chi connectivity index (χ2v) is 3.70. The molecule has 80 valence electrons. The van der Waals surface area contributed by atoms with Crippen LogP contribution in [0.2, 0.25) is 0 Å². The molecule has 0 atom stereocenters. The molecule has 0 saturated heterocycles. The van der Waals surface area contributed by atoms with Gasteiger partial charge in [-0.3, -0.25) is 0 Å². The molecule has 0 aliphatic carbocycles. The lowest BCUT2D eigenvalue weighted by molar-refractivity contribution is 0.0696. The molecule has 0 amide bonds. The number of rotatable bonds is 4. The zero-order chi connectivity index (χ0) is 11.3. The fraction of sp³-hybridized carbons (Fsp3) is 0.250. The van der Waals surface area contributed by atoms with Crippen LogP contribution in [0.25, 0.3) is 6.08 Å². The normalized spacial score (nSPS) is 10.8. The summed E-state index contributed by atoms with van der Waals surface area (Å²) in [7, 11) is 0. The van der Waals surface area contributed by atoms with Crippen molar-refractivity contribution in [1.29, 1.82) is 0 Å². The first-order valence-electron chi connectivity index (χ1n) is 4.77. The Morgan fingerprint density at radius 3 is 2.87 bits per heavy atom. The molecule has 0 heterocycles. The molecule has 0 unspecified atom stereocenters. The fourth-order valence-electron chi connectivity index (χ4n) is 1.36. The van der Waals surface area contributed by atoms with Crippen LogP contribution in [-0.4, -0.2) is 16.8 Å². The topological polar surface area (TPSA) is 37.3 Å². The van der Waals surface area contributed by atoms with Crippen molar-refractivity contribution in [3.05, 3.63) is 41.0 Å². The zero-order valence-corrected chi connectivity index (χ0v) is 9.50. The molecule has 3 heteroatoms. The van der Waals surface area contributed by atoms with E-state index in [1.807, 2.05) is 25.1 Å². The van der Waals surface area contributed by atoms with Gasteiger partial charge in [-0.25, -0.2) is 4.79 Å². The van der Waals surface area contributed by atoms with Gasteiger partial charge in [-0.05, 0) is 36.3 Å². The predicted molar refractivity (Wildman–Crippen MR) is 65.6 cm³/mol. The van der Waals surface area contributed by atoms with Gasteiger partial charge in [-0.1, -0.05) is 24.3 Å². The summed E-state index contributed by atoms with van der Waals surface area (Å²) in [6, 6.07) is 5.29. The van der Waals surface area contributed by atoms with E-state index in [9.17, 15) is 4.79 Å². The quantitative estimate of drug-likeness (QED) is 0.768. The van der Waals surface area contributed by atoms with Crippen molar-refractivity contribution in [2.24, 2.45) is 0 Å². The third-order valence-electron chi connectivity index (χ3n) is 2.13. The second-order valence-electron chi connectivity index (χ2n) is 3.26. The molecule has 1 N–H and O–H groups in total. The molecule has 0 fully saturated rings. The number of carboxylic acid groups (broad SMARTS) is 1. The highest BCUT2D eigenvalue weighted by Gasteiger charge is 2.08. The average Bonchev–Trinajstić information content (AvgIpc) is 2.20. The molecular formula is C12H14O2S. The van der Waals surface area contributed by atoms with E-state index in [0.717, 1.165) is 23.3 Å². The number of carboxylic acids is 1. The van der Waals surface area contributed by atoms with Gasteiger partial charge >= 0.3 is 5.97 Å². The van der Waals surface area contributed by atoms with Crippen LogP contribution in [0.3, 0.4) is 0 Å². The maximum atomic E-state index is 11.0. The summed E-state index contributed by atoms with van der Waals surface area (Å²) in [6.45, 7) is 1.91. The van der Waals surface area contributed by atoms with Crippen LogP contribution in [0, 0.1) is 6.92 Å². The number of aromatic carboxylic acids is 1. The summed E-state index contributed by atoms with van der Waals surface area (Å²) in [6.07, 6.45) is 4.65. The van der Waals surface area contributed by atoms with Gasteiger partial charge in [0.1, 0.15) is 0 Å². The minimum absolute atomic E-state index is 0.352. The van der Waals surface area contributed by atoms with Crippen LogP contribution in [0.5, 0.6) is 0 Å². The number of allylic oxidation sites excluding steroid dienone is 1. The Balaban J connectivity index is 3.07. The van der Waals surface area contributed by atoms with E-state index in [2.05, 4.69) is 12.6 Å². The van der Waals surface area contributed by atoms with Crippen molar-refractivity contribution in [3.8, 4) is 0 Å². The van der Waals surface area contributed by atoms with Crippen molar-refractivity contribution in [2.45, 2.75) is 13.3 Å². The molecule has 1 aromatic rings. The Bertz CT molecular complexity index is 383. The molecule has 0 aliphatic heterocycles. The van der Waals surface area contributed by atoms with E-state index in [1.165, 1.54) is 0 Å². The van der Waals surface area contributed by atoms with Crippen LogP contribution in [0.1, 0.15) is 27.9 Å². The molecule has 1 aromatic carbocycles. The summed E-state index contributed by atoms with van der Waals surface area (Å²) in [5.74, 6) is -0.116. The van der Waals surface area contributed by atoms with Gasteiger partial charge in [-0.2, -0.15) is 12.6 Å². The predicted octanol–water partition coefficient (Wildman–Crippen LogP) is 3.03. The summed E-state index contributed by atoms with van der Waals surface area (Å²) in [4.78, 5) is 11.0. The van der Waals surface area contributed by atoms with Crippen molar-refractivity contribution in [3.63, 3.8) is 0 Å². The molecule has 0 spiro atoms. The van der Waals surface area contributed by atoms with E-state index >= 15 is 0 Å². The van der Waals surface area contributed by atoms with Gasteiger partial charge in [0.05, 0.1) is 5.56 Å². The maximum Gasteiger partial charge on any atom is 0.336 e. The first-order valence-corrected chi connectivity index (χ1v) is 5.40. The Labute approximate surface area is 95.0 Å². The number of hydrogen-bond donors (Lipinski definition) is 2. The van der Waals surface area contributed by atoms with E-state index in [0.29, 0.717) is 5.56 Å². The maximum absolute atomic E-state index is 11.0. The molecule has 0 radical (unpaired) electrons. The first-order chi connectivity index (χ1) is 7.16. The minimum atomic E-state index is -0.885. The third-order valence-corrected chi connectivity index (χ3v) is 2.39. The average molecular weight is 222 g/mol. The van der Waals surface area contributed by atoms with Crippen LogP contribution in [-0.2, 0) is 0 Å². The smallest absolute Gasteiger partial charge is 0.336 e. The van der Waals surface area contributed by atoms with E-state index < -0.39 is 5.97 Å². The van der Waals surface area contributed by atoms with Gasteiger partial charge in [0.15, 0.2) is 0 Å². The Kier molecular flexibility index (Phi) is 4.43. The lowest BCUT2D eigenvalue weighted by Crippen LogP contribution is -2.00. The summed E-state index contributed by atoms with van der Waals surface area (Å²) in [5, 5.41) is 9.00. The largest absolute Gasteiger partial charge is 0.478 e. The number of aryl methyl sites for hydroxylation is 1. The monoisotopic (exact) mass is 222 g/mol. The zero-order valence-electron chi connectivity index (χ0n) is 8.60. The van der Waals surface area contributed by atoms with Crippen LogP contribution in [0.4, 0.5) is 0 Å². The highest BCUT2D eigenvalue weighted by atomic mass is 32.1. The van der Waals surface area contributed by atoms with Gasteiger partial charge in [0.2, 0.25) is 0 Å². The SMILES string of the molecule is Cc1cccc(C(=O)O)c1C=CCCS. The van der Waals surface area contributed by atoms with Crippen molar-refractivity contribution < 1.29 is 9.90 Å². The summed E-state index contributed by atoms with van der Waals surface area (Å²) in [5.41, 5.74) is 2.11. The molecule has 0 saturated carbocycles. The first kappa shape index (κ1) is 11.9. The summed E-state index contributed by atoms with van der Waals surface area (Å²) >= 11 is 4.09. The van der Waals surface area contributed by atoms with E-state index in [4.69, 9.17) is 5.11 Å². The minimum Gasteiger partial charge on any atom is -0.478 e. The molecule has 0 bridgehead atoms. The standard InChI is InChI=1S/C12H14O2S/c1-9-5-4-7-11(12(13)14)10(9)6-2-3-8-15/h2,4-7,15H,3,8H2,1H3,(H,13,14). The van der Waals surface area contributed by atoms with Gasteiger partial charge in [0.25, 0.3) is 0 Å². The number of hydrogen-bond acceptors (Lipinski definition) is 2. The number of carbonyl (C=O) groups is 1. The Hall–Kier alpha value is -1.22. The van der Waals surface area contributed by atoms with Crippen LogP contribution in [0.15, 0.2) is 24.3 Å². The lowest BCUT2D eigenvalue weighted by atomic mass is 10.0. The van der Waals surface area contributed by atoms with Crippen molar-refractivity contribution in [2.75, 3.05) is 5.75 Å². The van der Waals surface area contributed by atoms with Crippen molar-refractivity contribution >= 4 is 24.7 Å². The second kappa shape index (κ2) is 5.61. The summed E-state index contributed by atoms with van der Waals surface area (Å²) < 4.78 is 0. The Morgan fingerprint density at radius 1 is 1.53 bits per heavy atom. The van der Waals surface area contributed by atoms with Crippen LogP contribution < -0.4 is 0 Å². The Morgan fingerprint density at radius 2 is 2.27 bits per heavy atom. The number of benzene rings is 1. The molecule has 1 rings (SSSR count). The third kappa shape index (κ3) is 3.13. The van der Waals surface area contributed by atoms with Crippen LogP contribution >= 0.6 is 12.6 Å². The molecule has 15 heavy (non-hydrogen) atoms. The molecular weight excluding hydrogens is 208 g/mol. The fourth-order valence-corrected chi connectivity index (χ4v) is 1.51. The molecule has 0 aromatic heterocycles. The van der Waals surface area contributed by atoms with Gasteiger partial charge in [0, 0.05) is 0 Å².